The van der Waals surface area contributed by atoms with Gasteiger partial charge in [0.25, 0.3) is 5.91 Å². The summed E-state index contributed by atoms with van der Waals surface area (Å²) >= 11 is 0. The first kappa shape index (κ1) is 13.9. The summed E-state index contributed by atoms with van der Waals surface area (Å²) < 4.78 is 18.7. The molecule has 0 atom stereocenters. The third-order valence-corrected chi connectivity index (χ3v) is 2.65. The monoisotopic (exact) mass is 274 g/mol. The average Bonchev–Trinajstić information content (AvgIpc) is 2.42. The lowest BCUT2D eigenvalue weighted by molar-refractivity contribution is -0.118. The number of halogens is 1. The van der Waals surface area contributed by atoms with Gasteiger partial charge in [-0.05, 0) is 48.9 Å². The smallest absolute Gasteiger partial charge is 0.262 e. The van der Waals surface area contributed by atoms with Crippen molar-refractivity contribution in [1.29, 1.82) is 0 Å². The number of carbonyl (C=O) groups excluding carboxylic acids is 1. The van der Waals surface area contributed by atoms with Crippen LogP contribution in [0, 0.1) is 12.7 Å². The second kappa shape index (κ2) is 6.06. The van der Waals surface area contributed by atoms with Crippen molar-refractivity contribution in [3.05, 3.63) is 53.8 Å². The van der Waals surface area contributed by atoms with Gasteiger partial charge in [0.05, 0.1) is 5.69 Å². The van der Waals surface area contributed by atoms with E-state index in [1.807, 2.05) is 6.92 Å². The molecule has 0 saturated heterocycles. The fourth-order valence-electron chi connectivity index (χ4n) is 1.63. The number of amides is 1. The highest BCUT2D eigenvalue weighted by Gasteiger charge is 2.08. The first-order valence-electron chi connectivity index (χ1n) is 6.09. The van der Waals surface area contributed by atoms with Gasteiger partial charge >= 0.3 is 0 Å². The van der Waals surface area contributed by atoms with E-state index in [1.165, 1.54) is 6.07 Å². The maximum atomic E-state index is 13.5. The van der Waals surface area contributed by atoms with Gasteiger partial charge in [0.15, 0.2) is 6.61 Å². The molecule has 2 rings (SSSR count). The topological polar surface area (TPSA) is 64.3 Å². The number of nitrogen functional groups attached to an aromatic ring is 1. The van der Waals surface area contributed by atoms with Crippen LogP contribution in [-0.4, -0.2) is 12.5 Å². The normalized spacial score (nSPS) is 10.1. The zero-order valence-corrected chi connectivity index (χ0v) is 11.0. The van der Waals surface area contributed by atoms with Gasteiger partial charge in [0, 0.05) is 5.69 Å². The highest BCUT2D eigenvalue weighted by atomic mass is 19.1. The number of anilines is 2. The number of nitrogens with two attached hydrogens (primary N) is 1. The fourth-order valence-corrected chi connectivity index (χ4v) is 1.63. The van der Waals surface area contributed by atoms with Gasteiger partial charge in [0.2, 0.25) is 0 Å². The molecule has 104 valence electrons. The second-order valence-corrected chi connectivity index (χ2v) is 4.39. The largest absolute Gasteiger partial charge is 0.484 e. The minimum absolute atomic E-state index is 0.149. The summed E-state index contributed by atoms with van der Waals surface area (Å²) in [5.41, 5.74) is 7.16. The summed E-state index contributed by atoms with van der Waals surface area (Å²) in [7, 11) is 0. The molecule has 0 unspecified atom stereocenters. The van der Waals surface area contributed by atoms with Gasteiger partial charge in [-0.3, -0.25) is 4.79 Å². The van der Waals surface area contributed by atoms with E-state index in [0.717, 1.165) is 5.56 Å². The van der Waals surface area contributed by atoms with Crippen molar-refractivity contribution in [2.75, 3.05) is 17.7 Å². The van der Waals surface area contributed by atoms with Crippen LogP contribution in [-0.2, 0) is 4.79 Å². The van der Waals surface area contributed by atoms with Crippen molar-refractivity contribution in [3.8, 4) is 5.75 Å². The number of aryl methyl sites for hydroxylation is 1. The Hall–Kier alpha value is -2.56. The van der Waals surface area contributed by atoms with Crippen LogP contribution in [0.2, 0.25) is 0 Å². The molecule has 5 heteroatoms. The third kappa shape index (κ3) is 3.71. The standard InChI is InChI=1S/C15H15FN2O2/c1-10-2-7-13(16)14(8-10)18-15(19)9-20-12-5-3-11(17)4-6-12/h2-8H,9,17H2,1H3,(H,18,19). The Labute approximate surface area is 116 Å². The summed E-state index contributed by atoms with van der Waals surface area (Å²) in [5.74, 6) is -0.373. The first-order valence-corrected chi connectivity index (χ1v) is 6.09. The van der Waals surface area contributed by atoms with Crippen molar-refractivity contribution in [2.45, 2.75) is 6.92 Å². The number of ether oxygens (including phenoxy) is 1. The highest BCUT2D eigenvalue weighted by Crippen LogP contribution is 2.16. The molecule has 2 aromatic rings. The van der Waals surface area contributed by atoms with Crippen molar-refractivity contribution in [3.63, 3.8) is 0 Å². The molecule has 0 fully saturated rings. The van der Waals surface area contributed by atoms with E-state index < -0.39 is 11.7 Å². The summed E-state index contributed by atoms with van der Waals surface area (Å²) in [6.45, 7) is 1.62. The number of benzene rings is 2. The molecule has 0 bridgehead atoms. The molecule has 0 saturated carbocycles. The van der Waals surface area contributed by atoms with Crippen LogP contribution in [0.5, 0.6) is 5.75 Å². The van der Waals surface area contributed by atoms with Crippen molar-refractivity contribution >= 4 is 17.3 Å². The van der Waals surface area contributed by atoms with Gasteiger partial charge in [-0.1, -0.05) is 6.07 Å². The minimum Gasteiger partial charge on any atom is -0.484 e. The second-order valence-electron chi connectivity index (χ2n) is 4.39. The van der Waals surface area contributed by atoms with Crippen LogP contribution in [0.4, 0.5) is 15.8 Å². The Kier molecular flexibility index (Phi) is 4.20. The highest BCUT2D eigenvalue weighted by molar-refractivity contribution is 5.92. The minimum atomic E-state index is -0.476. The van der Waals surface area contributed by atoms with E-state index in [9.17, 15) is 9.18 Å². The molecular formula is C15H15FN2O2. The van der Waals surface area contributed by atoms with Crippen molar-refractivity contribution < 1.29 is 13.9 Å². The number of rotatable bonds is 4. The van der Waals surface area contributed by atoms with Gasteiger partial charge in [-0.25, -0.2) is 4.39 Å². The summed E-state index contributed by atoms with van der Waals surface area (Å²) in [4.78, 5) is 11.7. The van der Waals surface area contributed by atoms with Gasteiger partial charge < -0.3 is 15.8 Å². The lowest BCUT2D eigenvalue weighted by atomic mass is 10.2. The number of nitrogens with one attached hydrogen (secondary N) is 1. The van der Waals surface area contributed by atoms with Crippen LogP contribution >= 0.6 is 0 Å². The van der Waals surface area contributed by atoms with Crippen LogP contribution in [0.1, 0.15) is 5.56 Å². The maximum absolute atomic E-state index is 13.5. The van der Waals surface area contributed by atoms with E-state index in [0.29, 0.717) is 11.4 Å². The molecule has 0 aliphatic rings. The third-order valence-electron chi connectivity index (χ3n) is 2.65. The quantitative estimate of drug-likeness (QED) is 0.842. The molecule has 20 heavy (non-hydrogen) atoms. The molecule has 0 aliphatic carbocycles. The number of hydrogen-bond acceptors (Lipinski definition) is 3. The van der Waals surface area contributed by atoms with Crippen molar-refractivity contribution in [2.24, 2.45) is 0 Å². The van der Waals surface area contributed by atoms with Gasteiger partial charge in [-0.2, -0.15) is 0 Å². The first-order chi connectivity index (χ1) is 9.54. The zero-order chi connectivity index (χ0) is 14.5. The molecule has 3 N–H and O–H groups in total. The predicted octanol–water partition coefficient (Wildman–Crippen LogP) is 2.73. The Morgan fingerprint density at radius 1 is 1.25 bits per heavy atom. The van der Waals surface area contributed by atoms with E-state index in [-0.39, 0.29) is 12.3 Å². The van der Waals surface area contributed by atoms with E-state index in [2.05, 4.69) is 5.32 Å². The van der Waals surface area contributed by atoms with Crippen molar-refractivity contribution in [1.82, 2.24) is 0 Å². The van der Waals surface area contributed by atoms with E-state index in [4.69, 9.17) is 10.5 Å². The Bertz CT molecular complexity index is 612. The average molecular weight is 274 g/mol. The zero-order valence-electron chi connectivity index (χ0n) is 11.0. The van der Waals surface area contributed by atoms with E-state index >= 15 is 0 Å². The van der Waals surface area contributed by atoms with Crippen LogP contribution in [0.3, 0.4) is 0 Å². The molecule has 0 aliphatic heterocycles. The Balaban J connectivity index is 1.92. The Morgan fingerprint density at radius 3 is 2.65 bits per heavy atom. The van der Waals surface area contributed by atoms with E-state index in [1.54, 1.807) is 36.4 Å². The lowest BCUT2D eigenvalue weighted by Crippen LogP contribution is -2.20. The summed E-state index contributed by atoms with van der Waals surface area (Å²) in [5, 5.41) is 2.47. The lowest BCUT2D eigenvalue weighted by Gasteiger charge is -2.09. The van der Waals surface area contributed by atoms with Crippen LogP contribution in [0.15, 0.2) is 42.5 Å². The molecule has 0 radical (unpaired) electrons. The SMILES string of the molecule is Cc1ccc(F)c(NC(=O)COc2ccc(N)cc2)c1. The molecular weight excluding hydrogens is 259 g/mol. The Morgan fingerprint density at radius 2 is 1.95 bits per heavy atom. The van der Waals surface area contributed by atoms with Gasteiger partial charge in [-0.15, -0.1) is 0 Å². The fraction of sp³-hybridized carbons (Fsp3) is 0.133. The summed E-state index contributed by atoms with van der Waals surface area (Å²) in [6, 6.07) is 11.2. The van der Waals surface area contributed by atoms with Gasteiger partial charge in [0.1, 0.15) is 11.6 Å². The van der Waals surface area contributed by atoms with Crippen LogP contribution < -0.4 is 15.8 Å². The number of hydrogen-bond donors (Lipinski definition) is 2. The molecule has 0 spiro atoms. The maximum Gasteiger partial charge on any atom is 0.262 e. The summed E-state index contributed by atoms with van der Waals surface area (Å²) in [6.07, 6.45) is 0. The molecule has 2 aromatic carbocycles. The molecule has 0 aromatic heterocycles. The number of carbonyl (C=O) groups is 1. The molecule has 1 amide bonds. The predicted molar refractivity (Wildman–Crippen MR) is 76.1 cm³/mol. The molecule has 4 nitrogen and oxygen atoms in total. The van der Waals surface area contributed by atoms with Crippen LogP contribution in [0.25, 0.3) is 0 Å². The molecule has 0 heterocycles.